The highest BCUT2D eigenvalue weighted by molar-refractivity contribution is 5.95. The third-order valence-electron chi connectivity index (χ3n) is 2.39. The van der Waals surface area contributed by atoms with Crippen LogP contribution in [0.25, 0.3) is 10.9 Å². The van der Waals surface area contributed by atoms with Gasteiger partial charge in [0.15, 0.2) is 0 Å². The summed E-state index contributed by atoms with van der Waals surface area (Å²) < 4.78 is 36.0. The molecule has 0 amide bonds. The number of fused-ring (bicyclic) bond motifs is 1. The van der Waals surface area contributed by atoms with Crippen LogP contribution in [0.5, 0.6) is 0 Å². The van der Waals surface area contributed by atoms with E-state index in [9.17, 15) is 18.0 Å². The zero-order valence-electron chi connectivity index (χ0n) is 9.61. The van der Waals surface area contributed by atoms with Crippen molar-refractivity contribution < 1.29 is 18.0 Å². The van der Waals surface area contributed by atoms with Crippen LogP contribution in [0, 0.1) is 0 Å². The number of aromatic nitrogens is 1. The molecule has 98 valence electrons. The van der Waals surface area contributed by atoms with Gasteiger partial charge in [-0.2, -0.15) is 13.2 Å². The number of hydrogen-bond donors (Lipinski definition) is 1. The van der Waals surface area contributed by atoms with Crippen molar-refractivity contribution in [2.24, 2.45) is 0 Å². The smallest absolute Gasteiger partial charge is 0.360 e. The first kappa shape index (κ1) is 13.1. The van der Waals surface area contributed by atoms with Gasteiger partial charge in [0, 0.05) is 23.9 Å². The van der Waals surface area contributed by atoms with Crippen LogP contribution < -0.4 is 5.32 Å². The summed E-state index contributed by atoms with van der Waals surface area (Å²) in [5.41, 5.74) is 1.15. The Balaban J connectivity index is 2.19. The van der Waals surface area contributed by atoms with E-state index in [1.807, 2.05) is 12.1 Å². The highest BCUT2D eigenvalue weighted by Gasteiger charge is 2.35. The molecule has 0 unspecified atom stereocenters. The number of pyridine rings is 1. The van der Waals surface area contributed by atoms with Gasteiger partial charge in [-0.05, 0) is 12.1 Å². The van der Waals surface area contributed by atoms with Crippen molar-refractivity contribution in [2.75, 3.05) is 5.32 Å². The number of carbonyl (C=O) groups is 1. The van der Waals surface area contributed by atoms with Gasteiger partial charge in [0.1, 0.15) is 0 Å². The van der Waals surface area contributed by atoms with Crippen molar-refractivity contribution in [3.63, 3.8) is 0 Å². The molecule has 0 aliphatic carbocycles. The normalized spacial score (nSPS) is 11.9. The lowest BCUT2D eigenvalue weighted by molar-refractivity contribution is -0.165. The Morgan fingerprint density at radius 3 is 2.68 bits per heavy atom. The predicted molar refractivity (Wildman–Crippen MR) is 65.6 cm³/mol. The van der Waals surface area contributed by atoms with Gasteiger partial charge in [0.05, 0.1) is 11.2 Å². The number of ketones is 1. The number of hydrogen-bond acceptors (Lipinski definition) is 3. The lowest BCUT2D eigenvalue weighted by Gasteiger charge is -2.05. The lowest BCUT2D eigenvalue weighted by Crippen LogP contribution is -2.20. The predicted octanol–water partition coefficient (Wildman–Crippen LogP) is 3.29. The number of nitrogens with zero attached hydrogens (tertiary/aromatic N) is 1. The van der Waals surface area contributed by atoms with Crippen molar-refractivity contribution in [3.8, 4) is 0 Å². The molecule has 6 heteroatoms. The molecular weight excluding hydrogens is 257 g/mol. The van der Waals surface area contributed by atoms with Crippen LogP contribution in [0.1, 0.15) is 0 Å². The molecule has 0 spiro atoms. The molecule has 3 nitrogen and oxygen atoms in total. The van der Waals surface area contributed by atoms with E-state index in [-0.39, 0.29) is 0 Å². The van der Waals surface area contributed by atoms with Crippen LogP contribution >= 0.6 is 0 Å². The van der Waals surface area contributed by atoms with Gasteiger partial charge in [-0.25, -0.2) is 0 Å². The van der Waals surface area contributed by atoms with Crippen LogP contribution in [0.4, 0.5) is 18.9 Å². The van der Waals surface area contributed by atoms with E-state index in [2.05, 4.69) is 10.3 Å². The van der Waals surface area contributed by atoms with Crippen LogP contribution in [-0.2, 0) is 4.79 Å². The molecule has 1 heterocycles. The SMILES string of the molecule is O=C(C=CNc1cccc2cccnc12)C(F)(F)F. The molecule has 0 saturated heterocycles. The van der Waals surface area contributed by atoms with Crippen molar-refractivity contribution in [3.05, 3.63) is 48.8 Å². The topological polar surface area (TPSA) is 42.0 Å². The van der Waals surface area contributed by atoms with Gasteiger partial charge >= 0.3 is 6.18 Å². The molecule has 19 heavy (non-hydrogen) atoms. The summed E-state index contributed by atoms with van der Waals surface area (Å²) in [6.45, 7) is 0. The second kappa shape index (κ2) is 5.09. The Kier molecular flexibility index (Phi) is 3.50. The van der Waals surface area contributed by atoms with Crippen LogP contribution in [0.15, 0.2) is 48.8 Å². The van der Waals surface area contributed by atoms with Crippen molar-refractivity contribution >= 4 is 22.4 Å². The van der Waals surface area contributed by atoms with Gasteiger partial charge in [0.25, 0.3) is 5.78 Å². The summed E-state index contributed by atoms with van der Waals surface area (Å²) in [6.07, 6.45) is -1.87. The summed E-state index contributed by atoms with van der Waals surface area (Å²) in [4.78, 5) is 14.8. The Hall–Kier alpha value is -2.37. The van der Waals surface area contributed by atoms with E-state index in [1.54, 1.807) is 24.4 Å². The molecule has 0 aliphatic heterocycles. The first-order valence-corrected chi connectivity index (χ1v) is 5.36. The Labute approximate surface area is 106 Å². The van der Waals surface area contributed by atoms with E-state index in [0.717, 1.165) is 11.6 Å². The quantitative estimate of drug-likeness (QED) is 0.867. The molecule has 1 aromatic carbocycles. The summed E-state index contributed by atoms with van der Waals surface area (Å²) in [7, 11) is 0. The summed E-state index contributed by atoms with van der Waals surface area (Å²) >= 11 is 0. The van der Waals surface area contributed by atoms with Gasteiger partial charge in [-0.3, -0.25) is 9.78 Å². The number of para-hydroxylation sites is 1. The second-order valence-corrected chi connectivity index (χ2v) is 3.72. The minimum Gasteiger partial charge on any atom is -0.360 e. The van der Waals surface area contributed by atoms with E-state index < -0.39 is 12.0 Å². The van der Waals surface area contributed by atoms with E-state index in [0.29, 0.717) is 17.3 Å². The molecular formula is C13H9F3N2O. The summed E-state index contributed by atoms with van der Waals surface area (Å²) in [5, 5.41) is 3.48. The van der Waals surface area contributed by atoms with Gasteiger partial charge < -0.3 is 5.32 Å². The van der Waals surface area contributed by atoms with E-state index in [1.165, 1.54) is 0 Å². The number of carbonyl (C=O) groups excluding carboxylic acids is 1. The van der Waals surface area contributed by atoms with Crippen molar-refractivity contribution in [1.82, 2.24) is 4.98 Å². The Morgan fingerprint density at radius 1 is 1.21 bits per heavy atom. The Morgan fingerprint density at radius 2 is 1.95 bits per heavy atom. The minimum absolute atomic E-state index is 0.446. The third-order valence-corrected chi connectivity index (χ3v) is 2.39. The molecule has 0 radical (unpaired) electrons. The van der Waals surface area contributed by atoms with Gasteiger partial charge in [0.2, 0.25) is 0 Å². The molecule has 2 aromatic rings. The number of anilines is 1. The molecule has 0 fully saturated rings. The molecule has 0 bridgehead atoms. The summed E-state index contributed by atoms with van der Waals surface area (Å²) in [6, 6.07) is 8.83. The standard InChI is InChI=1S/C13H9F3N2O/c14-13(15,16)11(19)6-8-17-10-5-1-3-9-4-2-7-18-12(9)10/h1-8,17H. The molecule has 2 rings (SSSR count). The fraction of sp³-hybridized carbons (Fsp3) is 0.0769. The number of halogens is 3. The van der Waals surface area contributed by atoms with Crippen molar-refractivity contribution in [1.29, 1.82) is 0 Å². The maximum absolute atomic E-state index is 12.0. The first-order valence-electron chi connectivity index (χ1n) is 5.36. The van der Waals surface area contributed by atoms with Crippen LogP contribution in [0.2, 0.25) is 0 Å². The molecule has 0 saturated carbocycles. The third kappa shape index (κ3) is 3.09. The average Bonchev–Trinajstić information content (AvgIpc) is 2.38. The maximum atomic E-state index is 12.0. The zero-order chi connectivity index (χ0) is 13.9. The fourth-order valence-corrected chi connectivity index (χ4v) is 1.52. The first-order chi connectivity index (χ1) is 8.98. The zero-order valence-corrected chi connectivity index (χ0v) is 9.61. The monoisotopic (exact) mass is 266 g/mol. The highest BCUT2D eigenvalue weighted by Crippen LogP contribution is 2.21. The second-order valence-electron chi connectivity index (χ2n) is 3.72. The van der Waals surface area contributed by atoms with Gasteiger partial charge in [-0.15, -0.1) is 0 Å². The minimum atomic E-state index is -4.85. The number of allylic oxidation sites excluding steroid dienone is 1. The van der Waals surface area contributed by atoms with Crippen LogP contribution in [0.3, 0.4) is 0 Å². The number of nitrogens with one attached hydrogen (secondary N) is 1. The van der Waals surface area contributed by atoms with E-state index >= 15 is 0 Å². The molecule has 0 aliphatic rings. The summed E-state index contributed by atoms with van der Waals surface area (Å²) in [5.74, 6) is -1.91. The largest absolute Gasteiger partial charge is 0.454 e. The molecule has 0 atom stereocenters. The lowest BCUT2D eigenvalue weighted by atomic mass is 10.2. The highest BCUT2D eigenvalue weighted by atomic mass is 19.4. The van der Waals surface area contributed by atoms with E-state index in [4.69, 9.17) is 0 Å². The number of benzene rings is 1. The van der Waals surface area contributed by atoms with Crippen molar-refractivity contribution in [2.45, 2.75) is 6.18 Å². The van der Waals surface area contributed by atoms with Gasteiger partial charge in [-0.1, -0.05) is 18.2 Å². The maximum Gasteiger partial charge on any atom is 0.454 e. The van der Waals surface area contributed by atoms with Crippen LogP contribution in [-0.4, -0.2) is 16.9 Å². The Bertz CT molecular complexity index is 630. The fourth-order valence-electron chi connectivity index (χ4n) is 1.52. The number of alkyl halides is 3. The average molecular weight is 266 g/mol. The number of rotatable bonds is 3. The molecule has 1 N–H and O–H groups in total. The molecule has 1 aromatic heterocycles.